The van der Waals surface area contributed by atoms with Gasteiger partial charge in [-0.3, -0.25) is 0 Å². The quantitative estimate of drug-likeness (QED) is 0.720. The molecule has 1 aliphatic heterocycles. The predicted octanol–water partition coefficient (Wildman–Crippen LogP) is 2.53. The van der Waals surface area contributed by atoms with E-state index in [0.29, 0.717) is 15.3 Å². The number of sulfonamides is 1. The van der Waals surface area contributed by atoms with Gasteiger partial charge in [0.15, 0.2) is 4.90 Å². The third kappa shape index (κ3) is 5.05. The maximum atomic E-state index is 12.4. The summed E-state index contributed by atoms with van der Waals surface area (Å²) in [6.45, 7) is 3.12. The zero-order valence-electron chi connectivity index (χ0n) is 14.1. The highest BCUT2D eigenvalue weighted by molar-refractivity contribution is 8.03. The predicted molar refractivity (Wildman–Crippen MR) is 92.8 cm³/mol. The van der Waals surface area contributed by atoms with Crippen molar-refractivity contribution in [2.24, 2.45) is 0 Å². The molecule has 0 atom stereocenters. The molecule has 0 amide bonds. The van der Waals surface area contributed by atoms with Gasteiger partial charge in [-0.25, -0.2) is 8.42 Å². The Morgan fingerprint density at radius 3 is 1.96 bits per heavy atom. The lowest BCUT2D eigenvalue weighted by atomic mass is 10.1. The molecule has 0 unspecified atom stereocenters. The van der Waals surface area contributed by atoms with Crippen LogP contribution in [0.5, 0.6) is 5.75 Å². The molecule has 0 aliphatic carbocycles. The molecule has 12 heteroatoms. The van der Waals surface area contributed by atoms with Crippen LogP contribution in [0.25, 0.3) is 0 Å². The van der Waals surface area contributed by atoms with E-state index in [0.717, 1.165) is 29.2 Å². The number of nitrogens with one attached hydrogen (secondary N) is 1. The van der Waals surface area contributed by atoms with E-state index in [-0.39, 0.29) is 16.6 Å². The summed E-state index contributed by atoms with van der Waals surface area (Å²) in [6, 6.07) is 3.48. The Balaban J connectivity index is 2.26. The summed E-state index contributed by atoms with van der Waals surface area (Å²) in [5.74, 6) is 1.91. The molecular weight excluding hydrogens is 415 g/mol. The molecule has 1 heterocycles. The van der Waals surface area contributed by atoms with E-state index in [1.165, 1.54) is 6.42 Å². The molecule has 26 heavy (non-hydrogen) atoms. The van der Waals surface area contributed by atoms with Crippen molar-refractivity contribution in [2.45, 2.75) is 43.5 Å². The summed E-state index contributed by atoms with van der Waals surface area (Å²) < 4.78 is 87.7. The summed E-state index contributed by atoms with van der Waals surface area (Å²) in [5, 5.41) is 0. The van der Waals surface area contributed by atoms with Gasteiger partial charge in [0.05, 0.1) is 0 Å². The van der Waals surface area contributed by atoms with E-state index < -0.39 is 25.8 Å². The van der Waals surface area contributed by atoms with Crippen molar-refractivity contribution in [1.29, 1.82) is 0 Å². The van der Waals surface area contributed by atoms with Gasteiger partial charge in [0.2, 0.25) is 0 Å². The number of aryl methyl sites for hydroxylation is 2. The highest BCUT2D eigenvalue weighted by Crippen LogP contribution is 2.31. The number of halogens is 3. The van der Waals surface area contributed by atoms with Gasteiger partial charge >= 0.3 is 25.8 Å². The second kappa shape index (κ2) is 7.56. The van der Waals surface area contributed by atoms with Crippen molar-refractivity contribution in [1.82, 2.24) is 4.13 Å². The van der Waals surface area contributed by atoms with Crippen molar-refractivity contribution in [3.8, 4) is 5.75 Å². The summed E-state index contributed by atoms with van der Waals surface area (Å²) in [4.78, 5) is 1.04. The van der Waals surface area contributed by atoms with Gasteiger partial charge in [0.25, 0.3) is 0 Å². The Morgan fingerprint density at radius 1 is 1.00 bits per heavy atom. The van der Waals surface area contributed by atoms with Crippen molar-refractivity contribution in [2.75, 3.05) is 11.5 Å². The maximum Gasteiger partial charge on any atom is 0.512 e. The molecule has 0 saturated carbocycles. The third-order valence-corrected chi connectivity index (χ3v) is 8.91. The Kier molecular flexibility index (Phi) is 6.20. The first-order valence-electron chi connectivity index (χ1n) is 7.65. The van der Waals surface area contributed by atoms with Gasteiger partial charge in [-0.15, -0.1) is 0 Å². The van der Waals surface area contributed by atoms with Crippen molar-refractivity contribution in [3.05, 3.63) is 23.3 Å². The van der Waals surface area contributed by atoms with E-state index in [2.05, 4.69) is 4.18 Å². The molecule has 1 aromatic rings. The molecule has 0 radical (unpaired) electrons. The lowest BCUT2D eigenvalue weighted by Crippen LogP contribution is -2.42. The monoisotopic (exact) mass is 434 g/mol. The summed E-state index contributed by atoms with van der Waals surface area (Å²) in [6.07, 6.45) is 3.42. The Morgan fingerprint density at radius 2 is 1.50 bits per heavy atom. The second-order valence-corrected chi connectivity index (χ2v) is 11.4. The van der Waals surface area contributed by atoms with Crippen LogP contribution in [0.4, 0.5) is 13.2 Å². The fraction of sp³-hybridized carbons (Fsp3) is 0.571. The lowest BCUT2D eigenvalue weighted by Gasteiger charge is -2.17. The van der Waals surface area contributed by atoms with Gasteiger partial charge < -0.3 is 4.18 Å². The largest absolute Gasteiger partial charge is 0.512 e. The number of hydrogen-bond donors (Lipinski definition) is 1. The van der Waals surface area contributed by atoms with Gasteiger partial charge in [-0.05, 0) is 56.4 Å². The van der Waals surface area contributed by atoms with Crippen LogP contribution in [0.15, 0.2) is 17.0 Å². The molecule has 6 nitrogen and oxygen atoms in total. The lowest BCUT2D eigenvalue weighted by molar-refractivity contribution is -0.0442. The van der Waals surface area contributed by atoms with Crippen molar-refractivity contribution < 1.29 is 34.2 Å². The fourth-order valence-corrected chi connectivity index (χ4v) is 7.12. The van der Waals surface area contributed by atoms with Crippen molar-refractivity contribution in [3.63, 3.8) is 0 Å². The first kappa shape index (κ1) is 21.3. The first-order valence-corrected chi connectivity index (χ1v) is 12.1. The molecule has 2 rings (SSSR count). The molecule has 148 valence electrons. The number of benzene rings is 1. The summed E-state index contributed by atoms with van der Waals surface area (Å²) in [7, 11) is -11.3. The van der Waals surface area contributed by atoms with Crippen LogP contribution in [-0.4, -0.2) is 33.8 Å². The number of alkyl halides is 3. The van der Waals surface area contributed by atoms with Gasteiger partial charge in [0, 0.05) is 10.9 Å². The minimum Gasteiger partial charge on any atom is -0.370 e. The van der Waals surface area contributed by atoms with Crippen LogP contribution < -0.4 is 8.31 Å². The molecule has 0 aromatic heterocycles. The summed E-state index contributed by atoms with van der Waals surface area (Å²) >= 11 is 0. The van der Waals surface area contributed by atoms with Crippen LogP contribution in [0.1, 0.15) is 30.4 Å². The van der Waals surface area contributed by atoms with E-state index in [4.69, 9.17) is 0 Å². The Bertz CT molecular complexity index is 853. The first-order chi connectivity index (χ1) is 11.8. The molecular formula is C14H19F3NO5S3+. The molecule has 1 saturated heterocycles. The summed E-state index contributed by atoms with van der Waals surface area (Å²) in [5.41, 5.74) is -4.94. The van der Waals surface area contributed by atoms with Gasteiger partial charge in [-0.1, -0.05) is 4.13 Å². The Hall–Kier alpha value is -0.980. The van der Waals surface area contributed by atoms with Crippen LogP contribution in [0.2, 0.25) is 0 Å². The normalized spacial score (nSPS) is 17.3. The smallest absolute Gasteiger partial charge is 0.370 e. The minimum atomic E-state index is -6.09. The molecule has 0 bridgehead atoms. The van der Waals surface area contributed by atoms with Crippen molar-refractivity contribution >= 4 is 31.2 Å². The van der Waals surface area contributed by atoms with Gasteiger partial charge in [-0.2, -0.15) is 21.6 Å². The number of rotatable bonds is 5. The third-order valence-electron chi connectivity index (χ3n) is 3.76. The van der Waals surface area contributed by atoms with E-state index in [9.17, 15) is 30.0 Å². The van der Waals surface area contributed by atoms with Crippen LogP contribution in [0.3, 0.4) is 0 Å². The van der Waals surface area contributed by atoms with Crippen LogP contribution >= 0.6 is 0 Å². The fourth-order valence-electron chi connectivity index (χ4n) is 2.58. The molecule has 1 aliphatic rings. The van der Waals surface area contributed by atoms with Crippen LogP contribution in [-0.2, 0) is 31.2 Å². The number of hydrogen-bond acceptors (Lipinski definition) is 5. The average molecular weight is 435 g/mol. The highest BCUT2D eigenvalue weighted by Gasteiger charge is 2.49. The molecule has 1 N–H and O–H groups in total. The standard InChI is InChI=1S/C14H19F3NO5S3/c1-10-8-12(24-6-4-3-5-7-24)9-11(2)13(10)23-26(21,22)18-25(19,20)14(15,16)17/h8-9,18H,3-7H2,1-2H3/q+1. The maximum absolute atomic E-state index is 12.4. The SMILES string of the molecule is Cc1cc([S+]2CCCCC2)cc(C)c1OS(=O)(=O)NS(=O)(=O)C(F)(F)F. The highest BCUT2D eigenvalue weighted by atomic mass is 32.3. The molecule has 1 fully saturated rings. The van der Waals surface area contributed by atoms with E-state index >= 15 is 0 Å². The van der Waals surface area contributed by atoms with Crippen LogP contribution in [0, 0.1) is 13.8 Å². The van der Waals surface area contributed by atoms with Gasteiger partial charge in [0.1, 0.15) is 17.3 Å². The molecule has 0 spiro atoms. The second-order valence-electron chi connectivity index (χ2n) is 5.92. The zero-order valence-corrected chi connectivity index (χ0v) is 16.5. The average Bonchev–Trinajstić information content (AvgIpc) is 2.49. The zero-order chi connectivity index (χ0) is 19.8. The Labute approximate surface area is 153 Å². The molecule has 1 aromatic carbocycles. The minimum absolute atomic E-state index is 0.0471. The van der Waals surface area contributed by atoms with E-state index in [1.807, 2.05) is 0 Å². The topological polar surface area (TPSA) is 89.5 Å². The van der Waals surface area contributed by atoms with E-state index in [1.54, 1.807) is 26.0 Å².